The molecule has 1 aliphatic rings. The van der Waals surface area contributed by atoms with Crippen molar-refractivity contribution in [2.45, 2.75) is 104 Å². The molecule has 0 bridgehead atoms. The van der Waals surface area contributed by atoms with Gasteiger partial charge in [-0.2, -0.15) is 0 Å². The van der Waals surface area contributed by atoms with Crippen LogP contribution in [0.1, 0.15) is 74.1 Å². The largest absolute Gasteiger partial charge is 0.480 e. The predicted molar refractivity (Wildman–Crippen MR) is 149 cm³/mol. The first kappa shape index (κ1) is 34.8. The number of amides is 5. The fraction of sp³-hybridized carbons (Fsp3) is 0.778. The summed E-state index contributed by atoms with van der Waals surface area (Å²) in [7, 11) is 0. The van der Waals surface area contributed by atoms with Crippen LogP contribution in [0.25, 0.3) is 0 Å². The topological polar surface area (TPSA) is 195 Å². The van der Waals surface area contributed by atoms with Gasteiger partial charge in [-0.05, 0) is 44.1 Å². The Labute approximate surface area is 236 Å². The second kappa shape index (κ2) is 16.8. The van der Waals surface area contributed by atoms with Crippen molar-refractivity contribution >= 4 is 35.5 Å². The molecule has 5 amide bonds. The molecule has 0 saturated carbocycles. The van der Waals surface area contributed by atoms with Crippen molar-refractivity contribution in [1.82, 2.24) is 31.9 Å². The molecule has 0 aromatic rings. The second-order valence-electron chi connectivity index (χ2n) is 11.0. The normalized spacial score (nSPS) is 19.4. The number of rotatable bonds is 16. The molecule has 0 aromatic carbocycles. The van der Waals surface area contributed by atoms with Gasteiger partial charge in [0.25, 0.3) is 0 Å². The van der Waals surface area contributed by atoms with Crippen molar-refractivity contribution in [2.24, 2.45) is 17.8 Å². The van der Waals surface area contributed by atoms with Crippen molar-refractivity contribution in [2.75, 3.05) is 13.1 Å². The smallest absolute Gasteiger partial charge is 0.322 e. The summed E-state index contributed by atoms with van der Waals surface area (Å²) in [5.74, 6) is -4.65. The molecule has 228 valence electrons. The third-order valence-electron chi connectivity index (χ3n) is 7.38. The van der Waals surface area contributed by atoms with Crippen LogP contribution in [0, 0.1) is 17.8 Å². The summed E-state index contributed by atoms with van der Waals surface area (Å²) in [6, 6.07) is -4.22. The monoisotopic (exact) mass is 568 g/mol. The molecule has 40 heavy (non-hydrogen) atoms. The van der Waals surface area contributed by atoms with Crippen LogP contribution in [0.4, 0.5) is 0 Å². The van der Waals surface area contributed by atoms with E-state index in [9.17, 15) is 28.8 Å². The third kappa shape index (κ3) is 10.7. The van der Waals surface area contributed by atoms with E-state index in [1.165, 1.54) is 6.92 Å². The first-order valence-corrected chi connectivity index (χ1v) is 14.2. The summed E-state index contributed by atoms with van der Waals surface area (Å²) in [4.78, 5) is 75.4. The van der Waals surface area contributed by atoms with Crippen LogP contribution in [0.3, 0.4) is 0 Å². The quantitative estimate of drug-likeness (QED) is 0.131. The average Bonchev–Trinajstić information content (AvgIpc) is 3.45. The van der Waals surface area contributed by atoms with E-state index in [1.807, 2.05) is 20.8 Å². The molecule has 0 spiro atoms. The van der Waals surface area contributed by atoms with Crippen LogP contribution in [0.15, 0.2) is 0 Å². The zero-order valence-electron chi connectivity index (χ0n) is 24.8. The van der Waals surface area contributed by atoms with E-state index in [0.717, 1.165) is 13.0 Å². The molecule has 0 unspecified atom stereocenters. The van der Waals surface area contributed by atoms with Gasteiger partial charge in [0.05, 0.1) is 6.04 Å². The minimum absolute atomic E-state index is 0.181. The summed E-state index contributed by atoms with van der Waals surface area (Å²) >= 11 is 0. The Morgan fingerprint density at radius 2 is 1.27 bits per heavy atom. The Kier molecular flexibility index (Phi) is 14.6. The fourth-order valence-corrected chi connectivity index (χ4v) is 4.26. The predicted octanol–water partition coefficient (Wildman–Crippen LogP) is -0.353. The molecule has 1 fully saturated rings. The molecule has 7 atom stereocenters. The molecule has 0 radical (unpaired) electrons. The standard InChI is InChI=1S/C27H48N6O7/c1-8-15(5)21(33-24(37)18-11-10-12-28-18)26(39)30-17(7)23(36)32-22(16(6)9-2)27(40)31-20(14(3)4)25(38)29-13-19(34)35/h14-18,20-22,28H,8-13H2,1-7H3,(H,29,38)(H,30,39)(H,31,40)(H,32,36)(H,33,37)(H,34,35)/t15-,16-,17-,18-,20-,21-,22-/m0/s1. The highest BCUT2D eigenvalue weighted by molar-refractivity contribution is 5.96. The van der Waals surface area contributed by atoms with Gasteiger partial charge in [-0.15, -0.1) is 0 Å². The molecule has 1 rings (SSSR count). The van der Waals surface area contributed by atoms with Gasteiger partial charge in [0.15, 0.2) is 0 Å². The number of carboxylic acid groups (broad SMARTS) is 1. The number of hydrogen-bond donors (Lipinski definition) is 7. The number of hydrogen-bond acceptors (Lipinski definition) is 7. The summed E-state index contributed by atoms with van der Waals surface area (Å²) in [5, 5.41) is 25.0. The Hall–Kier alpha value is -3.22. The van der Waals surface area contributed by atoms with Crippen molar-refractivity contribution in [3.8, 4) is 0 Å². The number of nitrogens with one attached hydrogen (secondary N) is 6. The molecule has 13 heteroatoms. The number of carbonyl (C=O) groups excluding carboxylic acids is 5. The molecular formula is C27H48N6O7. The minimum Gasteiger partial charge on any atom is -0.480 e. The Bertz CT molecular complexity index is 906. The maximum atomic E-state index is 13.2. The molecule has 7 N–H and O–H groups in total. The number of carboxylic acids is 1. The van der Waals surface area contributed by atoms with Crippen LogP contribution in [0.2, 0.25) is 0 Å². The molecule has 1 saturated heterocycles. The van der Waals surface area contributed by atoms with Gasteiger partial charge in [-0.3, -0.25) is 28.8 Å². The van der Waals surface area contributed by atoms with E-state index in [0.29, 0.717) is 19.3 Å². The summed E-state index contributed by atoms with van der Waals surface area (Å²) in [6.07, 6.45) is 2.74. The Balaban J connectivity index is 2.92. The van der Waals surface area contributed by atoms with E-state index in [4.69, 9.17) is 5.11 Å². The lowest BCUT2D eigenvalue weighted by Crippen LogP contribution is -2.60. The first-order chi connectivity index (χ1) is 18.7. The van der Waals surface area contributed by atoms with Crippen LogP contribution < -0.4 is 31.9 Å². The van der Waals surface area contributed by atoms with Crippen molar-refractivity contribution < 1.29 is 33.9 Å². The summed E-state index contributed by atoms with van der Waals surface area (Å²) in [6.45, 7) is 12.4. The van der Waals surface area contributed by atoms with Crippen LogP contribution >= 0.6 is 0 Å². The van der Waals surface area contributed by atoms with Gasteiger partial charge in [0, 0.05) is 0 Å². The average molecular weight is 569 g/mol. The lowest BCUT2D eigenvalue weighted by molar-refractivity contribution is -0.139. The van der Waals surface area contributed by atoms with E-state index in [-0.39, 0.29) is 29.7 Å². The second-order valence-corrected chi connectivity index (χ2v) is 11.0. The van der Waals surface area contributed by atoms with Crippen molar-refractivity contribution in [3.63, 3.8) is 0 Å². The maximum Gasteiger partial charge on any atom is 0.322 e. The van der Waals surface area contributed by atoms with Gasteiger partial charge in [-0.25, -0.2) is 0 Å². The van der Waals surface area contributed by atoms with E-state index < -0.39 is 60.3 Å². The maximum absolute atomic E-state index is 13.2. The van der Waals surface area contributed by atoms with Gasteiger partial charge < -0.3 is 37.0 Å². The molecule has 0 aromatic heterocycles. The van der Waals surface area contributed by atoms with E-state index in [2.05, 4.69) is 31.9 Å². The lowest BCUT2D eigenvalue weighted by atomic mass is 9.96. The minimum atomic E-state index is -1.21. The zero-order chi connectivity index (χ0) is 30.6. The van der Waals surface area contributed by atoms with Gasteiger partial charge in [0.1, 0.15) is 30.7 Å². The Morgan fingerprint density at radius 3 is 1.75 bits per heavy atom. The molecule has 1 aliphatic heterocycles. The van der Waals surface area contributed by atoms with Gasteiger partial charge in [-0.1, -0.05) is 54.4 Å². The molecule has 1 heterocycles. The number of carbonyl (C=O) groups is 6. The van der Waals surface area contributed by atoms with Gasteiger partial charge >= 0.3 is 5.97 Å². The number of aliphatic carboxylic acids is 1. The summed E-state index contributed by atoms with van der Waals surface area (Å²) in [5.41, 5.74) is 0. The van der Waals surface area contributed by atoms with Crippen LogP contribution in [0.5, 0.6) is 0 Å². The highest BCUT2D eigenvalue weighted by Gasteiger charge is 2.34. The van der Waals surface area contributed by atoms with Crippen molar-refractivity contribution in [3.05, 3.63) is 0 Å². The zero-order valence-corrected chi connectivity index (χ0v) is 24.8. The third-order valence-corrected chi connectivity index (χ3v) is 7.38. The SMILES string of the molecule is CC[C@H](C)[C@H](NC(=O)[C@H](C)NC(=O)[C@@H](NC(=O)[C@@H]1CCCN1)[C@@H](C)CC)C(=O)N[C@H](C(=O)NCC(=O)O)C(C)C. The summed E-state index contributed by atoms with van der Waals surface area (Å²) < 4.78 is 0. The molecular weight excluding hydrogens is 520 g/mol. The van der Waals surface area contributed by atoms with E-state index in [1.54, 1.807) is 20.8 Å². The van der Waals surface area contributed by atoms with E-state index >= 15 is 0 Å². The van der Waals surface area contributed by atoms with Crippen LogP contribution in [-0.4, -0.2) is 83.9 Å². The fourth-order valence-electron chi connectivity index (χ4n) is 4.26. The molecule has 0 aliphatic carbocycles. The van der Waals surface area contributed by atoms with Crippen molar-refractivity contribution in [1.29, 1.82) is 0 Å². The molecule has 13 nitrogen and oxygen atoms in total. The Morgan fingerprint density at radius 1 is 0.750 bits per heavy atom. The van der Waals surface area contributed by atoms with Crippen LogP contribution in [-0.2, 0) is 28.8 Å². The van der Waals surface area contributed by atoms with Gasteiger partial charge in [0.2, 0.25) is 29.5 Å². The lowest BCUT2D eigenvalue weighted by Gasteiger charge is -2.29. The first-order valence-electron chi connectivity index (χ1n) is 14.2. The highest BCUT2D eigenvalue weighted by atomic mass is 16.4. The highest BCUT2D eigenvalue weighted by Crippen LogP contribution is 2.13.